The van der Waals surface area contributed by atoms with Crippen LogP contribution < -0.4 is 9.62 Å². The average molecular weight is 696 g/mol. The molecular weight excluding hydrogens is 654 g/mol. The van der Waals surface area contributed by atoms with Crippen molar-refractivity contribution in [3.63, 3.8) is 0 Å². The maximum absolute atomic E-state index is 13.1. The van der Waals surface area contributed by atoms with Gasteiger partial charge in [-0.1, -0.05) is 7.43 Å². The Morgan fingerprint density at radius 2 is 1.63 bits per heavy atom. The van der Waals surface area contributed by atoms with Crippen LogP contribution in [0.3, 0.4) is 0 Å². The van der Waals surface area contributed by atoms with Gasteiger partial charge in [0.2, 0.25) is 5.95 Å². The van der Waals surface area contributed by atoms with E-state index in [0.29, 0.717) is 43.0 Å². The van der Waals surface area contributed by atoms with Crippen LogP contribution >= 0.6 is 15.9 Å². The van der Waals surface area contributed by atoms with E-state index in [2.05, 4.69) is 40.6 Å². The van der Waals surface area contributed by atoms with Crippen LogP contribution in [-0.2, 0) is 19.7 Å². The van der Waals surface area contributed by atoms with Gasteiger partial charge in [-0.05, 0) is 56.0 Å². The molecule has 13 nitrogen and oxygen atoms in total. The van der Waals surface area contributed by atoms with Crippen LogP contribution in [0.5, 0.6) is 0 Å². The lowest BCUT2D eigenvalue weighted by molar-refractivity contribution is -0.00636. The van der Waals surface area contributed by atoms with Crippen molar-refractivity contribution < 1.29 is 31.5 Å². The number of aromatic nitrogens is 4. The number of hydrogen-bond donors (Lipinski definition) is 1. The standard InChI is InChI=1S/C21H35FN6O5S.C4H2BrFN2.CH4/c1-14(2)33-21(29)28-15(3)10-18(25-34(30,31)26(4)5)19(28)13-32-17-6-8-27(9-7-17)20-23-11-16(22)12-24-20;5-4-7-1-3(6)2-8-4;/h11-12,14-15,17-19,25H,6-10,13H2,1-5H3;1-2H;1H4/t15-,18+,19+;;/m1../s1. The van der Waals surface area contributed by atoms with Gasteiger partial charge in [0.05, 0.1) is 49.6 Å². The van der Waals surface area contributed by atoms with Gasteiger partial charge in [0.1, 0.15) is 0 Å². The van der Waals surface area contributed by atoms with Gasteiger partial charge in [-0.2, -0.15) is 17.4 Å². The highest BCUT2D eigenvalue weighted by Crippen LogP contribution is 2.28. The number of amides is 1. The summed E-state index contributed by atoms with van der Waals surface area (Å²) in [6.07, 6.45) is 5.49. The first-order valence-corrected chi connectivity index (χ1v) is 15.7. The van der Waals surface area contributed by atoms with E-state index in [1.165, 1.54) is 14.1 Å². The summed E-state index contributed by atoms with van der Waals surface area (Å²) in [5, 5.41) is 0. The van der Waals surface area contributed by atoms with Gasteiger partial charge in [-0.15, -0.1) is 0 Å². The van der Waals surface area contributed by atoms with Crippen molar-refractivity contribution in [1.82, 2.24) is 33.9 Å². The number of carbonyl (C=O) groups is 1. The third-order valence-electron chi connectivity index (χ3n) is 6.64. The van der Waals surface area contributed by atoms with E-state index in [1.807, 2.05) is 11.8 Å². The molecule has 2 saturated heterocycles. The number of hydrogen-bond acceptors (Lipinski definition) is 10. The van der Waals surface area contributed by atoms with E-state index in [-0.39, 0.29) is 32.3 Å². The van der Waals surface area contributed by atoms with Gasteiger partial charge in [0, 0.05) is 39.3 Å². The Kier molecular flexibility index (Phi) is 14.0. The number of nitrogens with zero attached hydrogens (tertiary/aromatic N) is 7. The molecule has 43 heavy (non-hydrogen) atoms. The molecule has 3 atom stereocenters. The van der Waals surface area contributed by atoms with Gasteiger partial charge in [-0.3, -0.25) is 4.90 Å². The monoisotopic (exact) mass is 694 g/mol. The molecule has 0 aromatic carbocycles. The van der Waals surface area contributed by atoms with E-state index in [4.69, 9.17) is 9.47 Å². The average Bonchev–Trinajstić information content (AvgIpc) is 3.23. The molecule has 1 N–H and O–H groups in total. The molecule has 0 saturated carbocycles. The van der Waals surface area contributed by atoms with Crippen LogP contribution in [0.15, 0.2) is 29.5 Å². The summed E-state index contributed by atoms with van der Waals surface area (Å²) < 4.78 is 65.8. The Hall–Kier alpha value is -2.60. The highest BCUT2D eigenvalue weighted by molar-refractivity contribution is 9.10. The summed E-state index contributed by atoms with van der Waals surface area (Å²) in [6, 6.07) is -1.23. The molecule has 2 aliphatic rings. The van der Waals surface area contributed by atoms with E-state index < -0.39 is 40.0 Å². The first-order chi connectivity index (χ1) is 19.8. The molecule has 242 valence electrons. The summed E-state index contributed by atoms with van der Waals surface area (Å²) in [5.74, 6) is -0.425. The van der Waals surface area contributed by atoms with Crippen LogP contribution in [0, 0.1) is 11.6 Å². The maximum Gasteiger partial charge on any atom is 0.410 e. The second-order valence-electron chi connectivity index (χ2n) is 10.4. The second-order valence-corrected chi connectivity index (χ2v) is 13.0. The lowest BCUT2D eigenvalue weighted by Gasteiger charge is -2.35. The Labute approximate surface area is 260 Å². The fraction of sp³-hybridized carbons (Fsp3) is 0.654. The number of anilines is 1. The first kappa shape index (κ1) is 36.6. The molecule has 17 heteroatoms. The highest BCUT2D eigenvalue weighted by atomic mass is 79.9. The zero-order valence-corrected chi connectivity index (χ0v) is 26.6. The van der Waals surface area contributed by atoms with Gasteiger partial charge < -0.3 is 14.4 Å². The number of halogens is 3. The molecular formula is C26H41BrF2N8O5S. The molecule has 4 rings (SSSR count). The van der Waals surface area contributed by atoms with E-state index in [0.717, 1.165) is 29.1 Å². The predicted octanol–water partition coefficient (Wildman–Crippen LogP) is 3.39. The summed E-state index contributed by atoms with van der Waals surface area (Å²) in [7, 11) is -0.785. The van der Waals surface area contributed by atoms with Crippen LogP contribution in [0.25, 0.3) is 0 Å². The van der Waals surface area contributed by atoms with Gasteiger partial charge in [-0.25, -0.2) is 33.5 Å². The molecule has 2 fully saturated rings. The number of rotatable bonds is 8. The van der Waals surface area contributed by atoms with Crippen LogP contribution in [0.2, 0.25) is 0 Å². The minimum Gasteiger partial charge on any atom is -0.447 e. The van der Waals surface area contributed by atoms with E-state index >= 15 is 0 Å². The zero-order valence-electron chi connectivity index (χ0n) is 24.2. The molecule has 2 aromatic rings. The van der Waals surface area contributed by atoms with Crippen molar-refractivity contribution in [2.24, 2.45) is 0 Å². The summed E-state index contributed by atoms with van der Waals surface area (Å²) in [6.45, 7) is 6.89. The highest BCUT2D eigenvalue weighted by Gasteiger charge is 2.45. The quantitative estimate of drug-likeness (QED) is 0.409. The SMILES string of the molecule is C.CC(C)OC(=O)N1[C@H](C)C[C@H](NS(=O)(=O)N(C)C)[C@@H]1COC1CCN(c2ncc(F)cn2)CC1.Fc1cnc(Br)nc1. The van der Waals surface area contributed by atoms with Crippen molar-refractivity contribution in [2.45, 2.75) is 77.8 Å². The number of nitrogens with one attached hydrogen (secondary N) is 1. The summed E-state index contributed by atoms with van der Waals surface area (Å²) in [5.41, 5.74) is 0. The molecule has 1 amide bonds. The molecule has 0 spiro atoms. The van der Waals surface area contributed by atoms with Crippen molar-refractivity contribution in [1.29, 1.82) is 0 Å². The molecule has 2 aromatic heterocycles. The van der Waals surface area contributed by atoms with Crippen molar-refractivity contribution in [3.05, 3.63) is 41.2 Å². The Morgan fingerprint density at radius 3 is 2.12 bits per heavy atom. The van der Waals surface area contributed by atoms with Crippen LogP contribution in [0.4, 0.5) is 19.5 Å². The normalized spacial score (nSPS) is 20.9. The van der Waals surface area contributed by atoms with Crippen molar-refractivity contribution in [3.8, 4) is 0 Å². The maximum atomic E-state index is 13.1. The second kappa shape index (κ2) is 16.5. The molecule has 0 unspecified atom stereocenters. The number of ether oxygens (including phenoxy) is 2. The lowest BCUT2D eigenvalue weighted by Crippen LogP contribution is -2.52. The first-order valence-electron chi connectivity index (χ1n) is 13.4. The minimum absolute atomic E-state index is 0. The van der Waals surface area contributed by atoms with Crippen molar-refractivity contribution >= 4 is 38.2 Å². The van der Waals surface area contributed by atoms with Gasteiger partial charge >= 0.3 is 6.09 Å². The van der Waals surface area contributed by atoms with E-state index in [9.17, 15) is 22.0 Å². The Balaban J connectivity index is 0.000000620. The fourth-order valence-corrected chi connectivity index (χ4v) is 5.63. The van der Waals surface area contributed by atoms with Crippen molar-refractivity contribution in [2.75, 3.05) is 38.7 Å². The largest absolute Gasteiger partial charge is 0.447 e. The zero-order chi connectivity index (χ0) is 31.0. The fourth-order valence-electron chi connectivity index (χ4n) is 4.58. The summed E-state index contributed by atoms with van der Waals surface area (Å²) >= 11 is 2.96. The molecule has 0 radical (unpaired) electrons. The molecule has 2 aliphatic heterocycles. The van der Waals surface area contributed by atoms with Gasteiger partial charge in [0.15, 0.2) is 16.4 Å². The van der Waals surface area contributed by atoms with Crippen LogP contribution in [-0.4, -0.2) is 108 Å². The molecule has 0 bridgehead atoms. The third-order valence-corrected chi connectivity index (χ3v) is 8.61. The number of piperidine rings is 1. The lowest BCUT2D eigenvalue weighted by atomic mass is 10.1. The Morgan fingerprint density at radius 1 is 1.09 bits per heavy atom. The number of carbonyl (C=O) groups excluding carboxylic acids is 1. The van der Waals surface area contributed by atoms with E-state index in [1.54, 1.807) is 18.7 Å². The molecule has 4 heterocycles. The Bertz CT molecular complexity index is 1230. The summed E-state index contributed by atoms with van der Waals surface area (Å²) in [4.78, 5) is 31.4. The molecule has 0 aliphatic carbocycles. The number of likely N-dealkylation sites (tertiary alicyclic amines) is 1. The van der Waals surface area contributed by atoms with Crippen LogP contribution in [0.1, 0.15) is 47.5 Å². The predicted molar refractivity (Wildman–Crippen MR) is 160 cm³/mol. The smallest absolute Gasteiger partial charge is 0.410 e. The van der Waals surface area contributed by atoms with Gasteiger partial charge in [0.25, 0.3) is 10.2 Å². The third kappa shape index (κ3) is 10.8. The minimum atomic E-state index is -3.69. The topological polar surface area (TPSA) is 143 Å².